The molecule has 0 fully saturated rings. The highest BCUT2D eigenvalue weighted by Gasteiger charge is 2.24. The maximum Gasteiger partial charge on any atom is 0.305 e. The third-order valence-electron chi connectivity index (χ3n) is 2.47. The maximum atomic E-state index is 11.8. The molecule has 5 heteroatoms. The minimum Gasteiger partial charge on any atom is -0.481 e. The van der Waals surface area contributed by atoms with Crippen molar-refractivity contribution >= 4 is 23.2 Å². The third kappa shape index (κ3) is 2.02. The van der Waals surface area contributed by atoms with Crippen molar-refractivity contribution in [2.24, 2.45) is 0 Å². The van der Waals surface area contributed by atoms with E-state index >= 15 is 0 Å². The summed E-state index contributed by atoms with van der Waals surface area (Å²) in [6.07, 6.45) is 0.865. The van der Waals surface area contributed by atoms with Gasteiger partial charge in [-0.05, 0) is 11.4 Å². The molecule has 0 spiro atoms. The number of hydrogen-bond donors (Lipinski definition) is 1. The number of hydrogen-bond acceptors (Lipinski definition) is 3. The molecule has 0 saturated heterocycles. The minimum atomic E-state index is -0.862. The second-order valence-electron chi connectivity index (χ2n) is 3.44. The van der Waals surface area contributed by atoms with Crippen molar-refractivity contribution in [3.05, 3.63) is 21.9 Å². The molecule has 0 radical (unpaired) electrons. The highest BCUT2D eigenvalue weighted by Crippen LogP contribution is 2.23. The van der Waals surface area contributed by atoms with Crippen LogP contribution in [0, 0.1) is 0 Å². The maximum absolute atomic E-state index is 11.8. The summed E-state index contributed by atoms with van der Waals surface area (Å²) in [5, 5.41) is 10.5. The number of fused-ring (bicyclic) bond motifs is 1. The molecule has 80 valence electrons. The molecular formula is C10H11NO3S. The third-order valence-corrected chi connectivity index (χ3v) is 3.45. The Labute approximate surface area is 91.1 Å². The van der Waals surface area contributed by atoms with Gasteiger partial charge in [0.15, 0.2) is 0 Å². The fourth-order valence-corrected chi connectivity index (χ4v) is 2.54. The van der Waals surface area contributed by atoms with Crippen LogP contribution in [0.4, 0.5) is 0 Å². The van der Waals surface area contributed by atoms with Gasteiger partial charge in [-0.15, -0.1) is 11.3 Å². The van der Waals surface area contributed by atoms with Gasteiger partial charge >= 0.3 is 5.97 Å². The van der Waals surface area contributed by atoms with Crippen LogP contribution in [0.25, 0.3) is 0 Å². The number of thiophene rings is 1. The van der Waals surface area contributed by atoms with Gasteiger partial charge in [0, 0.05) is 24.4 Å². The molecule has 1 aromatic rings. The van der Waals surface area contributed by atoms with Crippen LogP contribution in [0.3, 0.4) is 0 Å². The predicted molar refractivity (Wildman–Crippen MR) is 56.2 cm³/mol. The van der Waals surface area contributed by atoms with Crippen molar-refractivity contribution in [1.29, 1.82) is 0 Å². The molecule has 0 unspecified atom stereocenters. The Morgan fingerprint density at radius 2 is 2.40 bits per heavy atom. The molecule has 0 atom stereocenters. The van der Waals surface area contributed by atoms with Crippen LogP contribution in [0.15, 0.2) is 11.4 Å². The van der Waals surface area contributed by atoms with Gasteiger partial charge in [0.25, 0.3) is 5.91 Å². The normalized spacial score (nSPS) is 15.2. The van der Waals surface area contributed by atoms with Crippen LogP contribution in [0.1, 0.15) is 21.7 Å². The lowest BCUT2D eigenvalue weighted by Crippen LogP contribution is -2.38. The summed E-state index contributed by atoms with van der Waals surface area (Å²) in [5.74, 6) is -0.891. The summed E-state index contributed by atoms with van der Waals surface area (Å²) < 4.78 is 0. The van der Waals surface area contributed by atoms with E-state index < -0.39 is 5.97 Å². The number of aliphatic carboxylic acids is 1. The topological polar surface area (TPSA) is 57.6 Å². The fourth-order valence-electron chi connectivity index (χ4n) is 1.68. The second kappa shape index (κ2) is 4.02. The molecule has 0 saturated carbocycles. The van der Waals surface area contributed by atoms with Crippen molar-refractivity contribution in [2.45, 2.75) is 12.8 Å². The Morgan fingerprint density at radius 3 is 3.13 bits per heavy atom. The summed E-state index contributed by atoms with van der Waals surface area (Å²) in [7, 11) is 0. The smallest absolute Gasteiger partial charge is 0.305 e. The number of carboxylic acids is 1. The first-order valence-electron chi connectivity index (χ1n) is 4.76. The van der Waals surface area contributed by atoms with Gasteiger partial charge in [-0.3, -0.25) is 9.59 Å². The zero-order valence-corrected chi connectivity index (χ0v) is 8.92. The van der Waals surface area contributed by atoms with Crippen molar-refractivity contribution in [3.63, 3.8) is 0 Å². The van der Waals surface area contributed by atoms with Gasteiger partial charge in [-0.2, -0.15) is 0 Å². The molecule has 15 heavy (non-hydrogen) atoms. The van der Waals surface area contributed by atoms with E-state index in [2.05, 4.69) is 0 Å². The van der Waals surface area contributed by atoms with E-state index in [1.165, 1.54) is 0 Å². The fraction of sp³-hybridized carbons (Fsp3) is 0.400. The van der Waals surface area contributed by atoms with E-state index in [4.69, 9.17) is 5.11 Å². The molecule has 0 aromatic carbocycles. The van der Waals surface area contributed by atoms with Gasteiger partial charge < -0.3 is 10.0 Å². The summed E-state index contributed by atoms with van der Waals surface area (Å²) in [6, 6.07) is 1.81. The molecule has 4 nitrogen and oxygen atoms in total. The highest BCUT2D eigenvalue weighted by atomic mass is 32.1. The molecule has 1 aromatic heterocycles. The van der Waals surface area contributed by atoms with Crippen molar-refractivity contribution in [2.75, 3.05) is 13.1 Å². The van der Waals surface area contributed by atoms with Crippen LogP contribution in [0.5, 0.6) is 0 Å². The number of amides is 1. The molecule has 1 aliphatic heterocycles. The molecule has 0 bridgehead atoms. The molecule has 1 N–H and O–H groups in total. The molecule has 0 aliphatic carbocycles. The van der Waals surface area contributed by atoms with E-state index in [0.29, 0.717) is 13.1 Å². The number of carbonyl (C=O) groups is 2. The quantitative estimate of drug-likeness (QED) is 0.841. The van der Waals surface area contributed by atoms with Gasteiger partial charge in [-0.1, -0.05) is 0 Å². The van der Waals surface area contributed by atoms with Gasteiger partial charge in [-0.25, -0.2) is 0 Å². The SMILES string of the molecule is O=C(O)CCN1CCc2sccc2C1=O. The van der Waals surface area contributed by atoms with Crippen molar-refractivity contribution < 1.29 is 14.7 Å². The molecule has 1 aliphatic rings. The van der Waals surface area contributed by atoms with E-state index in [1.807, 2.05) is 11.4 Å². The number of carboxylic acid groups (broad SMARTS) is 1. The first-order valence-corrected chi connectivity index (χ1v) is 5.64. The Balaban J connectivity index is 2.07. The Bertz CT molecular complexity index is 399. The standard InChI is InChI=1S/C10H11NO3S/c12-9(13)2-5-11-4-1-8-7(10(11)14)3-6-15-8/h3,6H,1-2,4-5H2,(H,12,13). The minimum absolute atomic E-state index is 0.0191. The van der Waals surface area contributed by atoms with Crippen LogP contribution < -0.4 is 0 Å². The van der Waals surface area contributed by atoms with Crippen LogP contribution in [-0.2, 0) is 11.2 Å². The average Bonchev–Trinajstić information content (AvgIpc) is 2.65. The van der Waals surface area contributed by atoms with Gasteiger partial charge in [0.2, 0.25) is 0 Å². The van der Waals surface area contributed by atoms with E-state index in [-0.39, 0.29) is 12.3 Å². The Kier molecular flexibility index (Phi) is 2.73. The summed E-state index contributed by atoms with van der Waals surface area (Å²) in [4.78, 5) is 25.0. The molecule has 2 rings (SSSR count). The average molecular weight is 225 g/mol. The largest absolute Gasteiger partial charge is 0.481 e. The Hall–Kier alpha value is -1.36. The first-order chi connectivity index (χ1) is 7.18. The number of nitrogens with zero attached hydrogens (tertiary/aromatic N) is 1. The second-order valence-corrected chi connectivity index (χ2v) is 4.44. The number of rotatable bonds is 3. The van der Waals surface area contributed by atoms with E-state index in [1.54, 1.807) is 16.2 Å². The van der Waals surface area contributed by atoms with Crippen LogP contribution in [-0.4, -0.2) is 35.0 Å². The van der Waals surface area contributed by atoms with E-state index in [9.17, 15) is 9.59 Å². The molecular weight excluding hydrogens is 214 g/mol. The zero-order valence-electron chi connectivity index (χ0n) is 8.10. The summed E-state index contributed by atoms with van der Waals surface area (Å²) >= 11 is 1.59. The van der Waals surface area contributed by atoms with Gasteiger partial charge in [0.05, 0.1) is 12.0 Å². The lowest BCUT2D eigenvalue weighted by atomic mass is 10.1. The van der Waals surface area contributed by atoms with Crippen molar-refractivity contribution in [1.82, 2.24) is 4.90 Å². The Morgan fingerprint density at radius 1 is 1.60 bits per heavy atom. The summed E-state index contributed by atoms with van der Waals surface area (Å²) in [5.41, 5.74) is 0.747. The first kappa shape index (κ1) is 10.2. The van der Waals surface area contributed by atoms with Crippen LogP contribution in [0.2, 0.25) is 0 Å². The van der Waals surface area contributed by atoms with Gasteiger partial charge in [0.1, 0.15) is 0 Å². The predicted octanol–water partition coefficient (Wildman–Crippen LogP) is 1.22. The molecule has 2 heterocycles. The van der Waals surface area contributed by atoms with Crippen LogP contribution >= 0.6 is 11.3 Å². The highest BCUT2D eigenvalue weighted by molar-refractivity contribution is 7.10. The lowest BCUT2D eigenvalue weighted by Gasteiger charge is -2.26. The lowest BCUT2D eigenvalue weighted by molar-refractivity contribution is -0.137. The zero-order chi connectivity index (χ0) is 10.8. The van der Waals surface area contributed by atoms with E-state index in [0.717, 1.165) is 16.9 Å². The summed E-state index contributed by atoms with van der Waals surface area (Å²) in [6.45, 7) is 0.947. The monoisotopic (exact) mass is 225 g/mol. The van der Waals surface area contributed by atoms with Crippen molar-refractivity contribution in [3.8, 4) is 0 Å². The number of carbonyl (C=O) groups excluding carboxylic acids is 1. The molecule has 1 amide bonds.